The first-order valence-electron chi connectivity index (χ1n) is 11.0. The molecule has 5 aromatic rings. The summed E-state index contributed by atoms with van der Waals surface area (Å²) >= 11 is 1.92. The van der Waals surface area contributed by atoms with Crippen LogP contribution >= 0.6 is 11.3 Å². The first kappa shape index (κ1) is 18.8. The number of thiophene rings is 1. The van der Waals surface area contributed by atoms with Crippen LogP contribution in [0, 0.1) is 0 Å². The summed E-state index contributed by atoms with van der Waals surface area (Å²) < 4.78 is 1.32. The molecule has 31 heavy (non-hydrogen) atoms. The molecule has 3 aromatic carbocycles. The molecule has 1 aliphatic carbocycles. The van der Waals surface area contributed by atoms with Gasteiger partial charge in [0.1, 0.15) is 0 Å². The minimum Gasteiger partial charge on any atom is -0.255 e. The normalized spacial score (nSPS) is 13.4. The molecule has 0 aliphatic heterocycles. The second-order valence-electron chi connectivity index (χ2n) is 9.60. The number of fused-ring (bicyclic) bond motifs is 6. The van der Waals surface area contributed by atoms with Crippen LogP contribution in [0.15, 0.2) is 72.9 Å². The van der Waals surface area contributed by atoms with Crippen LogP contribution in [-0.4, -0.2) is 4.98 Å². The Labute approximate surface area is 187 Å². The predicted octanol–water partition coefficient (Wildman–Crippen LogP) is 8.18. The molecule has 0 saturated heterocycles. The molecule has 0 amide bonds. The molecule has 6 rings (SSSR count). The van der Waals surface area contributed by atoms with Crippen molar-refractivity contribution in [2.75, 3.05) is 0 Å². The maximum atomic E-state index is 4.92. The van der Waals surface area contributed by atoms with E-state index in [0.717, 1.165) is 18.5 Å². The highest BCUT2D eigenvalue weighted by Crippen LogP contribution is 2.46. The van der Waals surface area contributed by atoms with E-state index in [0.29, 0.717) is 0 Å². The summed E-state index contributed by atoms with van der Waals surface area (Å²) in [5, 5.41) is 4.01. The Morgan fingerprint density at radius 3 is 2.52 bits per heavy atom. The number of aromatic nitrogens is 1. The third-order valence-electron chi connectivity index (χ3n) is 6.56. The molecule has 0 saturated carbocycles. The van der Waals surface area contributed by atoms with Gasteiger partial charge in [-0.25, -0.2) is 0 Å². The SMILES string of the molecule is CC(C)(C)c1cc(-c2nccc3c4c(sc23)-c2ccccc2CC4)cc2ccccc12. The summed E-state index contributed by atoms with van der Waals surface area (Å²) in [6.07, 6.45) is 4.23. The van der Waals surface area contributed by atoms with Gasteiger partial charge in [0, 0.05) is 22.0 Å². The largest absolute Gasteiger partial charge is 0.255 e. The Balaban J connectivity index is 1.64. The highest BCUT2D eigenvalue weighted by Gasteiger charge is 2.24. The molecule has 2 heteroatoms. The number of hydrogen-bond donors (Lipinski definition) is 0. The minimum absolute atomic E-state index is 0.0666. The van der Waals surface area contributed by atoms with E-state index in [2.05, 4.69) is 87.5 Å². The van der Waals surface area contributed by atoms with Gasteiger partial charge in [-0.15, -0.1) is 11.3 Å². The van der Waals surface area contributed by atoms with Gasteiger partial charge in [0.15, 0.2) is 0 Å². The molecular formula is C29H25NS. The smallest absolute Gasteiger partial charge is 0.0880 e. The summed E-state index contributed by atoms with van der Waals surface area (Å²) in [4.78, 5) is 6.35. The molecule has 0 N–H and O–H groups in total. The fourth-order valence-electron chi connectivity index (χ4n) is 5.03. The van der Waals surface area contributed by atoms with Crippen LogP contribution in [0.3, 0.4) is 0 Å². The van der Waals surface area contributed by atoms with Crippen molar-refractivity contribution in [1.82, 2.24) is 4.98 Å². The van der Waals surface area contributed by atoms with Crippen molar-refractivity contribution in [3.63, 3.8) is 0 Å². The van der Waals surface area contributed by atoms with Gasteiger partial charge in [-0.3, -0.25) is 4.98 Å². The summed E-state index contributed by atoms with van der Waals surface area (Å²) in [6, 6.07) is 24.5. The molecule has 0 atom stereocenters. The van der Waals surface area contributed by atoms with Crippen molar-refractivity contribution < 1.29 is 0 Å². The maximum Gasteiger partial charge on any atom is 0.0880 e. The van der Waals surface area contributed by atoms with Gasteiger partial charge in [-0.05, 0) is 69.5 Å². The lowest BCUT2D eigenvalue weighted by Gasteiger charge is -2.22. The third-order valence-corrected chi connectivity index (χ3v) is 7.85. The lowest BCUT2D eigenvalue weighted by Crippen LogP contribution is -2.12. The number of pyridine rings is 1. The molecule has 2 heterocycles. The van der Waals surface area contributed by atoms with E-state index < -0.39 is 0 Å². The van der Waals surface area contributed by atoms with E-state index in [1.807, 2.05) is 17.5 Å². The molecule has 0 spiro atoms. The Morgan fingerprint density at radius 1 is 0.839 bits per heavy atom. The van der Waals surface area contributed by atoms with Gasteiger partial charge in [0.05, 0.1) is 10.4 Å². The van der Waals surface area contributed by atoms with E-state index >= 15 is 0 Å². The van der Waals surface area contributed by atoms with Crippen molar-refractivity contribution in [2.45, 2.75) is 39.0 Å². The summed E-state index contributed by atoms with van der Waals surface area (Å²) in [5.41, 5.74) is 8.16. The Kier molecular flexibility index (Phi) is 4.10. The van der Waals surface area contributed by atoms with Crippen molar-refractivity contribution in [2.24, 2.45) is 0 Å². The van der Waals surface area contributed by atoms with Gasteiger partial charge in [0.2, 0.25) is 0 Å². The zero-order valence-electron chi connectivity index (χ0n) is 18.2. The maximum absolute atomic E-state index is 4.92. The van der Waals surface area contributed by atoms with Gasteiger partial charge in [-0.2, -0.15) is 0 Å². The van der Waals surface area contributed by atoms with Crippen LogP contribution in [0.5, 0.6) is 0 Å². The van der Waals surface area contributed by atoms with Crippen molar-refractivity contribution in [3.8, 4) is 21.7 Å². The molecule has 0 radical (unpaired) electrons. The van der Waals surface area contributed by atoms with Crippen molar-refractivity contribution in [3.05, 3.63) is 89.6 Å². The van der Waals surface area contributed by atoms with Crippen LogP contribution in [0.4, 0.5) is 0 Å². The highest BCUT2D eigenvalue weighted by molar-refractivity contribution is 7.23. The van der Waals surface area contributed by atoms with Crippen molar-refractivity contribution >= 4 is 32.2 Å². The zero-order valence-corrected chi connectivity index (χ0v) is 19.0. The number of benzene rings is 3. The quantitative estimate of drug-likeness (QED) is 0.267. The van der Waals surface area contributed by atoms with Crippen molar-refractivity contribution in [1.29, 1.82) is 0 Å². The van der Waals surface area contributed by atoms with Crippen LogP contribution < -0.4 is 0 Å². The van der Waals surface area contributed by atoms with Crippen LogP contribution in [0.2, 0.25) is 0 Å². The van der Waals surface area contributed by atoms with Gasteiger partial charge < -0.3 is 0 Å². The van der Waals surface area contributed by atoms with E-state index in [9.17, 15) is 0 Å². The number of hydrogen-bond acceptors (Lipinski definition) is 2. The Bertz CT molecular complexity index is 1470. The molecule has 0 unspecified atom stereocenters. The monoisotopic (exact) mass is 419 g/mol. The molecule has 0 bridgehead atoms. The number of nitrogens with zero attached hydrogens (tertiary/aromatic N) is 1. The van der Waals surface area contributed by atoms with E-state index in [4.69, 9.17) is 4.98 Å². The number of rotatable bonds is 1. The minimum atomic E-state index is 0.0666. The fourth-order valence-corrected chi connectivity index (χ4v) is 6.45. The average molecular weight is 420 g/mol. The molecule has 1 nitrogen and oxygen atoms in total. The first-order chi connectivity index (χ1) is 15.0. The topological polar surface area (TPSA) is 12.9 Å². The van der Waals surface area contributed by atoms with Crippen LogP contribution in [0.1, 0.15) is 37.5 Å². The van der Waals surface area contributed by atoms with Crippen LogP contribution in [0.25, 0.3) is 42.6 Å². The first-order valence-corrected chi connectivity index (χ1v) is 11.8. The average Bonchev–Trinajstić information content (AvgIpc) is 3.17. The second kappa shape index (κ2) is 6.77. The summed E-state index contributed by atoms with van der Waals surface area (Å²) in [5.74, 6) is 0. The van der Waals surface area contributed by atoms with Gasteiger partial charge in [0.25, 0.3) is 0 Å². The molecule has 0 fully saturated rings. The van der Waals surface area contributed by atoms with E-state index in [-0.39, 0.29) is 5.41 Å². The zero-order chi connectivity index (χ0) is 21.2. The number of aryl methyl sites for hydroxylation is 2. The third kappa shape index (κ3) is 2.93. The predicted molar refractivity (Wildman–Crippen MR) is 134 cm³/mol. The Morgan fingerprint density at radius 2 is 1.65 bits per heavy atom. The van der Waals surface area contributed by atoms with Crippen LogP contribution in [-0.2, 0) is 18.3 Å². The lowest BCUT2D eigenvalue weighted by molar-refractivity contribution is 0.596. The van der Waals surface area contributed by atoms with Gasteiger partial charge in [-0.1, -0.05) is 69.3 Å². The second-order valence-corrected chi connectivity index (χ2v) is 10.6. The summed E-state index contributed by atoms with van der Waals surface area (Å²) in [7, 11) is 0. The molecule has 1 aliphatic rings. The summed E-state index contributed by atoms with van der Waals surface area (Å²) in [6.45, 7) is 6.90. The highest BCUT2D eigenvalue weighted by atomic mass is 32.1. The molecule has 2 aromatic heterocycles. The van der Waals surface area contributed by atoms with Gasteiger partial charge >= 0.3 is 0 Å². The standard InChI is InChI=1S/C29H25NS/c1-29(2,3)25-17-20(16-19-9-5-6-10-21(19)25)26-28-24(14-15-30-26)23-13-12-18-8-4-7-11-22(18)27(23)31-28/h4-11,14-17H,12-13H2,1-3H3. The molecular weight excluding hydrogens is 394 g/mol. The molecule has 152 valence electrons. The fraction of sp³-hybridized carbons (Fsp3) is 0.207. The lowest BCUT2D eigenvalue weighted by atomic mass is 9.82. The Hall–Kier alpha value is -2.97. The van der Waals surface area contributed by atoms with E-state index in [1.54, 1.807) is 0 Å². The van der Waals surface area contributed by atoms with E-state index in [1.165, 1.54) is 53.6 Å².